The molecule has 2 aromatic carbocycles. The van der Waals surface area contributed by atoms with Gasteiger partial charge in [0.05, 0.1) is 10.0 Å². The van der Waals surface area contributed by atoms with Crippen molar-refractivity contribution in [2.75, 3.05) is 12.8 Å². The summed E-state index contributed by atoms with van der Waals surface area (Å²) in [5.74, 6) is 0.347. The predicted octanol–water partition coefficient (Wildman–Crippen LogP) is 4.76. The first-order valence-corrected chi connectivity index (χ1v) is 7.87. The number of hydrogen-bond donors (Lipinski definition) is 2. The Balaban J connectivity index is 2.07. The van der Waals surface area contributed by atoms with Crippen LogP contribution < -0.4 is 11.1 Å². The van der Waals surface area contributed by atoms with Crippen LogP contribution in [-0.2, 0) is 0 Å². The molecule has 0 amide bonds. The number of nitrogens with one attached hydrogen (secondary N) is 1. The Hall–Kier alpha value is -1.22. The van der Waals surface area contributed by atoms with Crippen LogP contribution >= 0.6 is 23.2 Å². The molecular weight excluding hydrogens is 303 g/mol. The quantitative estimate of drug-likeness (QED) is 0.783. The predicted molar refractivity (Wildman–Crippen MR) is 90.2 cm³/mol. The SMILES string of the molecule is CNC1CCC(c2ccc(Cl)c(Cl)c2)c2ccc(N)cc21. The third-order valence-corrected chi connectivity index (χ3v) is 5.04. The average molecular weight is 321 g/mol. The van der Waals surface area contributed by atoms with Crippen LogP contribution in [0.2, 0.25) is 10.0 Å². The van der Waals surface area contributed by atoms with E-state index in [1.807, 2.05) is 25.2 Å². The lowest BCUT2D eigenvalue weighted by molar-refractivity contribution is 0.471. The maximum Gasteiger partial charge on any atom is 0.0595 e. The first-order chi connectivity index (χ1) is 10.1. The molecule has 0 saturated carbocycles. The summed E-state index contributed by atoms with van der Waals surface area (Å²) in [6.07, 6.45) is 2.16. The number of nitrogen functional groups attached to an aromatic ring is 1. The van der Waals surface area contributed by atoms with E-state index in [0.29, 0.717) is 22.0 Å². The van der Waals surface area contributed by atoms with Gasteiger partial charge >= 0.3 is 0 Å². The van der Waals surface area contributed by atoms with E-state index >= 15 is 0 Å². The van der Waals surface area contributed by atoms with Gasteiger partial charge in [0.1, 0.15) is 0 Å². The van der Waals surface area contributed by atoms with Crippen molar-refractivity contribution in [2.45, 2.75) is 24.8 Å². The molecular formula is C17H18Cl2N2. The van der Waals surface area contributed by atoms with Gasteiger partial charge in [0.2, 0.25) is 0 Å². The Kier molecular flexibility index (Phi) is 4.12. The summed E-state index contributed by atoms with van der Waals surface area (Å²) in [7, 11) is 2.00. The van der Waals surface area contributed by atoms with E-state index in [1.54, 1.807) is 0 Å². The smallest absolute Gasteiger partial charge is 0.0595 e. The Morgan fingerprint density at radius 2 is 1.81 bits per heavy atom. The van der Waals surface area contributed by atoms with Crippen LogP contribution in [0.25, 0.3) is 0 Å². The number of hydrogen-bond acceptors (Lipinski definition) is 2. The van der Waals surface area contributed by atoms with Crippen LogP contribution in [0.1, 0.15) is 41.5 Å². The number of fused-ring (bicyclic) bond motifs is 1. The number of halogens is 2. The molecule has 2 atom stereocenters. The molecule has 1 aliphatic rings. The van der Waals surface area contributed by atoms with Gasteiger partial charge in [-0.2, -0.15) is 0 Å². The first kappa shape index (κ1) is 14.7. The van der Waals surface area contributed by atoms with Gasteiger partial charge in [0.15, 0.2) is 0 Å². The van der Waals surface area contributed by atoms with Crippen molar-refractivity contribution in [3.8, 4) is 0 Å². The molecule has 2 aromatic rings. The van der Waals surface area contributed by atoms with Crippen molar-refractivity contribution in [2.24, 2.45) is 0 Å². The minimum atomic E-state index is 0.347. The number of anilines is 1. The standard InChI is InChI=1S/C17H18Cl2N2/c1-21-17-7-5-12(10-2-6-15(18)16(19)8-10)13-4-3-11(20)9-14(13)17/h2-4,6,8-9,12,17,21H,5,7,20H2,1H3. The van der Waals surface area contributed by atoms with Gasteiger partial charge in [-0.3, -0.25) is 0 Å². The van der Waals surface area contributed by atoms with Gasteiger partial charge in [0.25, 0.3) is 0 Å². The molecule has 4 heteroatoms. The Morgan fingerprint density at radius 1 is 1.00 bits per heavy atom. The third-order valence-electron chi connectivity index (χ3n) is 4.30. The molecule has 0 bridgehead atoms. The largest absolute Gasteiger partial charge is 0.399 e. The van der Waals surface area contributed by atoms with Crippen molar-refractivity contribution in [1.82, 2.24) is 5.32 Å². The van der Waals surface area contributed by atoms with E-state index in [1.165, 1.54) is 16.7 Å². The van der Waals surface area contributed by atoms with Crippen molar-refractivity contribution in [3.63, 3.8) is 0 Å². The highest BCUT2D eigenvalue weighted by molar-refractivity contribution is 6.42. The van der Waals surface area contributed by atoms with Gasteiger partial charge in [-0.15, -0.1) is 0 Å². The molecule has 0 radical (unpaired) electrons. The van der Waals surface area contributed by atoms with Crippen LogP contribution in [0.5, 0.6) is 0 Å². The van der Waals surface area contributed by atoms with Crippen molar-refractivity contribution in [3.05, 3.63) is 63.1 Å². The van der Waals surface area contributed by atoms with E-state index in [0.717, 1.165) is 18.5 Å². The molecule has 110 valence electrons. The summed E-state index contributed by atoms with van der Waals surface area (Å²) in [6, 6.07) is 12.5. The molecule has 3 rings (SSSR count). The van der Waals surface area contributed by atoms with E-state index in [4.69, 9.17) is 28.9 Å². The second-order valence-electron chi connectivity index (χ2n) is 5.53. The molecule has 21 heavy (non-hydrogen) atoms. The molecule has 0 aliphatic heterocycles. The molecule has 0 aromatic heterocycles. The van der Waals surface area contributed by atoms with Crippen molar-refractivity contribution < 1.29 is 0 Å². The lowest BCUT2D eigenvalue weighted by Gasteiger charge is -2.32. The molecule has 2 nitrogen and oxygen atoms in total. The molecule has 2 unspecified atom stereocenters. The third kappa shape index (κ3) is 2.76. The first-order valence-electron chi connectivity index (χ1n) is 7.11. The van der Waals surface area contributed by atoms with E-state index in [9.17, 15) is 0 Å². The topological polar surface area (TPSA) is 38.0 Å². The fourth-order valence-electron chi connectivity index (χ4n) is 3.23. The molecule has 1 aliphatic carbocycles. The molecule has 0 saturated heterocycles. The van der Waals surface area contributed by atoms with E-state index in [2.05, 4.69) is 23.5 Å². The van der Waals surface area contributed by atoms with Gasteiger partial charge in [-0.1, -0.05) is 35.3 Å². The Labute approximate surface area is 135 Å². The van der Waals surface area contributed by atoms with Crippen LogP contribution in [-0.4, -0.2) is 7.05 Å². The summed E-state index contributed by atoms with van der Waals surface area (Å²) in [5.41, 5.74) is 10.6. The normalized spacial score (nSPS) is 21.1. The van der Waals surface area contributed by atoms with Crippen LogP contribution in [0, 0.1) is 0 Å². The van der Waals surface area contributed by atoms with Gasteiger partial charge in [0, 0.05) is 17.6 Å². The van der Waals surface area contributed by atoms with Crippen molar-refractivity contribution in [1.29, 1.82) is 0 Å². The summed E-state index contributed by atoms with van der Waals surface area (Å²) in [4.78, 5) is 0. The highest BCUT2D eigenvalue weighted by atomic mass is 35.5. The monoisotopic (exact) mass is 320 g/mol. The minimum Gasteiger partial charge on any atom is -0.399 e. The fraction of sp³-hybridized carbons (Fsp3) is 0.294. The second kappa shape index (κ2) is 5.88. The minimum absolute atomic E-state index is 0.347. The summed E-state index contributed by atoms with van der Waals surface area (Å²) >= 11 is 12.2. The maximum absolute atomic E-state index is 6.18. The molecule has 0 fully saturated rings. The van der Waals surface area contributed by atoms with Crippen LogP contribution in [0.15, 0.2) is 36.4 Å². The number of nitrogens with two attached hydrogens (primary N) is 1. The Morgan fingerprint density at radius 3 is 2.52 bits per heavy atom. The average Bonchev–Trinajstić information content (AvgIpc) is 2.49. The second-order valence-corrected chi connectivity index (χ2v) is 6.35. The molecule has 3 N–H and O–H groups in total. The zero-order valence-corrected chi connectivity index (χ0v) is 13.4. The molecule has 0 spiro atoms. The van der Waals surface area contributed by atoms with Gasteiger partial charge in [-0.05, 0) is 60.8 Å². The van der Waals surface area contributed by atoms with E-state index in [-0.39, 0.29) is 0 Å². The summed E-state index contributed by atoms with van der Waals surface area (Å²) in [6.45, 7) is 0. The van der Waals surface area contributed by atoms with Crippen LogP contribution in [0.3, 0.4) is 0 Å². The van der Waals surface area contributed by atoms with Crippen molar-refractivity contribution >= 4 is 28.9 Å². The highest BCUT2D eigenvalue weighted by Gasteiger charge is 2.27. The summed E-state index contributed by atoms with van der Waals surface area (Å²) < 4.78 is 0. The Bertz CT molecular complexity index is 670. The molecule has 0 heterocycles. The van der Waals surface area contributed by atoms with E-state index < -0.39 is 0 Å². The van der Waals surface area contributed by atoms with Gasteiger partial charge < -0.3 is 11.1 Å². The number of rotatable bonds is 2. The zero-order valence-electron chi connectivity index (χ0n) is 11.9. The lowest BCUT2D eigenvalue weighted by Crippen LogP contribution is -2.24. The number of benzene rings is 2. The highest BCUT2D eigenvalue weighted by Crippen LogP contribution is 2.42. The van der Waals surface area contributed by atoms with Crippen LogP contribution in [0.4, 0.5) is 5.69 Å². The zero-order chi connectivity index (χ0) is 15.0. The fourth-order valence-corrected chi connectivity index (χ4v) is 3.54. The summed E-state index contributed by atoms with van der Waals surface area (Å²) in [5, 5.41) is 4.59. The van der Waals surface area contributed by atoms with Gasteiger partial charge in [-0.25, -0.2) is 0 Å². The lowest BCUT2D eigenvalue weighted by atomic mass is 9.76. The maximum atomic E-state index is 6.18.